The van der Waals surface area contributed by atoms with E-state index in [0.29, 0.717) is 13.2 Å². The number of rotatable bonds is 5. The van der Waals surface area contributed by atoms with Crippen molar-refractivity contribution in [1.29, 1.82) is 0 Å². The van der Waals surface area contributed by atoms with Crippen LogP contribution in [0, 0.1) is 11.6 Å². The minimum absolute atomic E-state index is 0.0368. The minimum atomic E-state index is -1.47. The van der Waals surface area contributed by atoms with E-state index in [4.69, 9.17) is 10.5 Å². The Hall–Kier alpha value is -1.53. The molecule has 1 aromatic carbocycles. The van der Waals surface area contributed by atoms with Crippen molar-refractivity contribution >= 4 is 5.91 Å². The Labute approximate surface area is 116 Å². The van der Waals surface area contributed by atoms with Crippen LogP contribution in [0.15, 0.2) is 18.2 Å². The first-order chi connectivity index (χ1) is 9.43. The molecule has 3 N–H and O–H groups in total. The highest BCUT2D eigenvalue weighted by atomic mass is 19.1. The van der Waals surface area contributed by atoms with Crippen molar-refractivity contribution in [3.05, 3.63) is 35.4 Å². The lowest BCUT2D eigenvalue weighted by Gasteiger charge is -2.29. The average Bonchev–Trinajstić information content (AvgIpc) is 2.92. The highest BCUT2D eigenvalue weighted by Crippen LogP contribution is 2.25. The molecule has 1 amide bonds. The molecule has 1 saturated heterocycles. The summed E-state index contributed by atoms with van der Waals surface area (Å²) in [5.74, 6) is -2.06. The Bertz CT molecular complexity index is 504. The zero-order valence-electron chi connectivity index (χ0n) is 11.3. The van der Waals surface area contributed by atoms with Crippen LogP contribution in [0.4, 0.5) is 8.78 Å². The lowest BCUT2D eigenvalue weighted by Crippen LogP contribution is -2.53. The number of amides is 1. The van der Waals surface area contributed by atoms with Gasteiger partial charge in [0, 0.05) is 18.7 Å². The largest absolute Gasteiger partial charge is 0.377 e. The fourth-order valence-corrected chi connectivity index (χ4v) is 2.32. The highest BCUT2D eigenvalue weighted by molar-refractivity contribution is 5.85. The van der Waals surface area contributed by atoms with Crippen molar-refractivity contribution in [2.24, 2.45) is 5.73 Å². The Morgan fingerprint density at radius 2 is 2.30 bits per heavy atom. The Morgan fingerprint density at radius 1 is 1.55 bits per heavy atom. The molecule has 2 unspecified atom stereocenters. The molecule has 0 bridgehead atoms. The Morgan fingerprint density at radius 3 is 2.90 bits per heavy atom. The summed E-state index contributed by atoms with van der Waals surface area (Å²) < 4.78 is 32.6. The zero-order chi connectivity index (χ0) is 14.8. The van der Waals surface area contributed by atoms with E-state index in [0.717, 1.165) is 31.0 Å². The first-order valence-corrected chi connectivity index (χ1v) is 6.55. The maximum atomic E-state index is 13.9. The van der Waals surface area contributed by atoms with Crippen molar-refractivity contribution in [3.8, 4) is 0 Å². The molecule has 1 aliphatic rings. The van der Waals surface area contributed by atoms with E-state index in [9.17, 15) is 13.6 Å². The first-order valence-electron chi connectivity index (χ1n) is 6.55. The molecule has 1 aromatic rings. The van der Waals surface area contributed by atoms with Gasteiger partial charge in [0.25, 0.3) is 0 Å². The van der Waals surface area contributed by atoms with Gasteiger partial charge in [0.05, 0.1) is 6.10 Å². The molecular weight excluding hydrogens is 266 g/mol. The predicted molar refractivity (Wildman–Crippen MR) is 69.9 cm³/mol. The number of carbonyl (C=O) groups is 1. The normalized spacial score (nSPS) is 21.6. The van der Waals surface area contributed by atoms with Gasteiger partial charge < -0.3 is 10.5 Å². The number of hydrogen-bond donors (Lipinski definition) is 2. The van der Waals surface area contributed by atoms with E-state index in [1.807, 2.05) is 0 Å². The third kappa shape index (κ3) is 2.96. The van der Waals surface area contributed by atoms with Gasteiger partial charge in [0.1, 0.15) is 17.2 Å². The van der Waals surface area contributed by atoms with Crippen LogP contribution in [0.3, 0.4) is 0 Å². The third-order valence-corrected chi connectivity index (χ3v) is 3.67. The topological polar surface area (TPSA) is 64.3 Å². The van der Waals surface area contributed by atoms with E-state index in [-0.39, 0.29) is 11.7 Å². The monoisotopic (exact) mass is 284 g/mol. The molecule has 0 spiro atoms. The van der Waals surface area contributed by atoms with Gasteiger partial charge >= 0.3 is 0 Å². The summed E-state index contributed by atoms with van der Waals surface area (Å²) in [5.41, 5.74) is 3.81. The fourth-order valence-electron chi connectivity index (χ4n) is 2.32. The molecule has 4 nitrogen and oxygen atoms in total. The Balaban J connectivity index is 2.23. The Kier molecular flexibility index (Phi) is 4.35. The van der Waals surface area contributed by atoms with Crippen LogP contribution in [-0.2, 0) is 15.1 Å². The van der Waals surface area contributed by atoms with E-state index >= 15 is 0 Å². The van der Waals surface area contributed by atoms with Crippen molar-refractivity contribution in [2.75, 3.05) is 13.2 Å². The quantitative estimate of drug-likeness (QED) is 0.860. The highest BCUT2D eigenvalue weighted by Gasteiger charge is 2.36. The van der Waals surface area contributed by atoms with E-state index in [1.165, 1.54) is 6.92 Å². The molecule has 0 saturated carbocycles. The van der Waals surface area contributed by atoms with Crippen molar-refractivity contribution in [3.63, 3.8) is 0 Å². The lowest BCUT2D eigenvalue weighted by molar-refractivity contribution is -0.124. The molecule has 6 heteroatoms. The summed E-state index contributed by atoms with van der Waals surface area (Å²) in [7, 11) is 0. The van der Waals surface area contributed by atoms with E-state index < -0.39 is 23.1 Å². The van der Waals surface area contributed by atoms with E-state index in [1.54, 1.807) is 0 Å². The van der Waals surface area contributed by atoms with Crippen LogP contribution in [0.5, 0.6) is 0 Å². The minimum Gasteiger partial charge on any atom is -0.377 e. The zero-order valence-corrected chi connectivity index (χ0v) is 11.3. The maximum Gasteiger partial charge on any atom is 0.242 e. The maximum absolute atomic E-state index is 13.9. The summed E-state index contributed by atoms with van der Waals surface area (Å²) in [6.07, 6.45) is 1.78. The van der Waals surface area contributed by atoms with Gasteiger partial charge in [0.2, 0.25) is 5.91 Å². The van der Waals surface area contributed by atoms with Gasteiger partial charge in [-0.1, -0.05) is 0 Å². The number of nitrogens with one attached hydrogen (secondary N) is 1. The smallest absolute Gasteiger partial charge is 0.242 e. The summed E-state index contributed by atoms with van der Waals surface area (Å²) in [5, 5.41) is 2.92. The molecule has 1 fully saturated rings. The summed E-state index contributed by atoms with van der Waals surface area (Å²) >= 11 is 0. The number of carbonyl (C=O) groups excluding carboxylic acids is 1. The lowest BCUT2D eigenvalue weighted by atomic mass is 9.90. The fraction of sp³-hybridized carbons (Fsp3) is 0.500. The van der Waals surface area contributed by atoms with Crippen LogP contribution in [0.1, 0.15) is 25.3 Å². The first kappa shape index (κ1) is 14.9. The molecule has 0 radical (unpaired) electrons. The van der Waals surface area contributed by atoms with Gasteiger partial charge in [-0.2, -0.15) is 0 Å². The second-order valence-electron chi connectivity index (χ2n) is 5.13. The third-order valence-electron chi connectivity index (χ3n) is 3.67. The number of hydrogen-bond acceptors (Lipinski definition) is 3. The molecule has 1 heterocycles. The van der Waals surface area contributed by atoms with Crippen LogP contribution < -0.4 is 11.1 Å². The summed E-state index contributed by atoms with van der Waals surface area (Å²) in [6, 6.07) is 2.97. The van der Waals surface area contributed by atoms with Crippen molar-refractivity contribution < 1.29 is 18.3 Å². The number of halogens is 2. The molecule has 110 valence electrons. The number of benzene rings is 1. The molecule has 0 aromatic heterocycles. The molecule has 1 aliphatic heterocycles. The molecular formula is C14H18F2N2O2. The van der Waals surface area contributed by atoms with Crippen LogP contribution in [0.25, 0.3) is 0 Å². The number of nitrogens with two attached hydrogens (primary N) is 1. The second kappa shape index (κ2) is 5.85. The molecule has 2 rings (SSSR count). The van der Waals surface area contributed by atoms with Gasteiger partial charge in [-0.15, -0.1) is 0 Å². The number of ether oxygens (including phenoxy) is 1. The van der Waals surface area contributed by atoms with Gasteiger partial charge in [-0.3, -0.25) is 10.1 Å². The molecule has 2 atom stereocenters. The SMILES string of the molecule is CC(NCC1CCCO1)(C(N)=O)c1cc(F)ccc1F. The van der Waals surface area contributed by atoms with Gasteiger partial charge in [-0.25, -0.2) is 8.78 Å². The van der Waals surface area contributed by atoms with Crippen LogP contribution >= 0.6 is 0 Å². The van der Waals surface area contributed by atoms with Crippen LogP contribution in [0.2, 0.25) is 0 Å². The van der Waals surface area contributed by atoms with E-state index in [2.05, 4.69) is 5.32 Å². The van der Waals surface area contributed by atoms with Gasteiger partial charge in [0.15, 0.2) is 0 Å². The van der Waals surface area contributed by atoms with Crippen molar-refractivity contribution in [2.45, 2.75) is 31.4 Å². The average molecular weight is 284 g/mol. The predicted octanol–water partition coefficient (Wildman–Crippen LogP) is 1.43. The molecule has 20 heavy (non-hydrogen) atoms. The second-order valence-corrected chi connectivity index (χ2v) is 5.13. The standard InChI is InChI=1S/C14H18F2N2O2/c1-14(13(17)19,18-8-10-3-2-6-20-10)11-7-9(15)4-5-12(11)16/h4-5,7,10,18H,2-3,6,8H2,1H3,(H2,17,19). The van der Waals surface area contributed by atoms with Gasteiger partial charge in [-0.05, 0) is 38.0 Å². The summed E-state index contributed by atoms with van der Waals surface area (Å²) in [4.78, 5) is 11.7. The van der Waals surface area contributed by atoms with Crippen LogP contribution in [-0.4, -0.2) is 25.2 Å². The number of primary amides is 1. The molecule has 0 aliphatic carbocycles. The summed E-state index contributed by atoms with van der Waals surface area (Å²) in [6.45, 7) is 2.48. The van der Waals surface area contributed by atoms with Crippen molar-refractivity contribution in [1.82, 2.24) is 5.32 Å².